The number of aromatic nitrogens is 1. The molecule has 3 heterocycles. The average molecular weight is 311 g/mol. The molecule has 2 saturated heterocycles. The van der Waals surface area contributed by atoms with Gasteiger partial charge in [-0.15, -0.1) is 0 Å². The van der Waals surface area contributed by atoms with Gasteiger partial charge in [0.25, 0.3) is 0 Å². The molecule has 2 N–H and O–H groups in total. The van der Waals surface area contributed by atoms with Crippen LogP contribution >= 0.6 is 0 Å². The third-order valence-corrected chi connectivity index (χ3v) is 5.52. The fourth-order valence-corrected chi connectivity index (χ4v) is 4.50. The predicted molar refractivity (Wildman–Crippen MR) is 89.2 cm³/mol. The highest BCUT2D eigenvalue weighted by atomic mass is 16.4. The molecule has 0 saturated carbocycles. The number of carbonyl (C=O) groups is 1. The molecular formula is C18H21N3O2. The highest BCUT2D eigenvalue weighted by Crippen LogP contribution is 2.40. The fraction of sp³-hybridized carbons (Fsp3) is 0.444. The number of piperidine rings is 2. The molecule has 2 aliphatic rings. The maximum absolute atomic E-state index is 11.6. The van der Waals surface area contributed by atoms with E-state index < -0.39 is 5.97 Å². The van der Waals surface area contributed by atoms with Crippen LogP contribution in [0.3, 0.4) is 0 Å². The van der Waals surface area contributed by atoms with Crippen molar-refractivity contribution in [1.29, 1.82) is 5.41 Å². The largest absolute Gasteiger partial charge is 0.478 e. The summed E-state index contributed by atoms with van der Waals surface area (Å²) < 4.78 is 2.17. The number of carboxylic acid groups (broad SMARTS) is 1. The summed E-state index contributed by atoms with van der Waals surface area (Å²) in [5.41, 5.74) is 1.40. The van der Waals surface area contributed by atoms with Gasteiger partial charge in [-0.25, -0.2) is 4.79 Å². The number of hydrogen-bond acceptors (Lipinski definition) is 2. The summed E-state index contributed by atoms with van der Waals surface area (Å²) in [6.45, 7) is 0. The van der Waals surface area contributed by atoms with Crippen molar-refractivity contribution in [2.45, 2.75) is 50.2 Å². The smallest absolute Gasteiger partial charge is 0.337 e. The van der Waals surface area contributed by atoms with Crippen LogP contribution in [0.15, 0.2) is 30.5 Å². The second-order valence-corrected chi connectivity index (χ2v) is 6.71. The van der Waals surface area contributed by atoms with Gasteiger partial charge in [0.05, 0.1) is 11.9 Å². The molecular weight excluding hydrogens is 290 g/mol. The van der Waals surface area contributed by atoms with Gasteiger partial charge >= 0.3 is 5.97 Å². The Morgan fingerprint density at radius 2 is 1.87 bits per heavy atom. The molecule has 0 spiro atoms. The zero-order chi connectivity index (χ0) is 16.0. The summed E-state index contributed by atoms with van der Waals surface area (Å²) in [5, 5.41) is 18.0. The Labute approximate surface area is 135 Å². The van der Waals surface area contributed by atoms with Crippen molar-refractivity contribution in [3.8, 4) is 0 Å². The van der Waals surface area contributed by atoms with Gasteiger partial charge in [-0.2, -0.15) is 0 Å². The van der Waals surface area contributed by atoms with Gasteiger partial charge in [-0.3, -0.25) is 5.41 Å². The Balaban J connectivity index is 1.75. The van der Waals surface area contributed by atoms with Crippen molar-refractivity contribution in [1.82, 2.24) is 9.47 Å². The van der Waals surface area contributed by atoms with Gasteiger partial charge in [-0.05, 0) is 38.2 Å². The van der Waals surface area contributed by atoms with Crippen LogP contribution in [0, 0.1) is 5.41 Å². The standard InChI is InChI=1S/C18H21N3O2/c19-11-21-12-4-3-5-13(21)9-14(8-12)20-10-16(18(22)23)15-6-1-2-7-17(15)20/h1-2,6-7,10-14,19H,3-5,8-9H2,(H,22,23). The summed E-state index contributed by atoms with van der Waals surface area (Å²) in [6.07, 6.45) is 8.79. The van der Waals surface area contributed by atoms with Crippen LogP contribution in [0.5, 0.6) is 0 Å². The molecule has 2 atom stereocenters. The molecule has 0 amide bonds. The van der Waals surface area contributed by atoms with E-state index in [1.807, 2.05) is 30.5 Å². The number of nitrogens with one attached hydrogen (secondary N) is 1. The van der Waals surface area contributed by atoms with Crippen molar-refractivity contribution in [2.24, 2.45) is 0 Å². The number of hydrogen-bond donors (Lipinski definition) is 2. The molecule has 2 fully saturated rings. The number of carboxylic acids is 1. The number of fused-ring (bicyclic) bond motifs is 3. The first kappa shape index (κ1) is 14.3. The van der Waals surface area contributed by atoms with Crippen LogP contribution < -0.4 is 0 Å². The van der Waals surface area contributed by atoms with E-state index in [4.69, 9.17) is 5.41 Å². The Hall–Kier alpha value is -2.30. The molecule has 23 heavy (non-hydrogen) atoms. The molecule has 2 aromatic rings. The van der Waals surface area contributed by atoms with Crippen LogP contribution in [0.1, 0.15) is 48.5 Å². The number of rotatable bonds is 3. The van der Waals surface area contributed by atoms with E-state index in [9.17, 15) is 9.90 Å². The van der Waals surface area contributed by atoms with Crippen molar-refractivity contribution < 1.29 is 9.90 Å². The molecule has 2 unspecified atom stereocenters. The summed E-state index contributed by atoms with van der Waals surface area (Å²) in [6, 6.07) is 8.92. The number of benzene rings is 1. The van der Waals surface area contributed by atoms with Crippen LogP contribution in [0.25, 0.3) is 10.9 Å². The SMILES string of the molecule is N=CN1C2CCCC1CC(n1cc(C(=O)O)c3ccccc31)C2. The summed E-state index contributed by atoms with van der Waals surface area (Å²) in [5.74, 6) is -0.864. The van der Waals surface area contributed by atoms with Gasteiger partial charge in [0, 0.05) is 35.2 Å². The van der Waals surface area contributed by atoms with Crippen LogP contribution in [0.2, 0.25) is 0 Å². The number of para-hydroxylation sites is 1. The van der Waals surface area contributed by atoms with E-state index in [2.05, 4.69) is 9.47 Å². The molecule has 2 bridgehead atoms. The zero-order valence-corrected chi connectivity index (χ0v) is 13.0. The minimum atomic E-state index is -0.864. The van der Waals surface area contributed by atoms with Crippen molar-refractivity contribution in [3.05, 3.63) is 36.0 Å². The molecule has 1 aromatic carbocycles. The lowest BCUT2D eigenvalue weighted by Crippen LogP contribution is -2.51. The van der Waals surface area contributed by atoms with Crippen molar-refractivity contribution in [2.75, 3.05) is 0 Å². The van der Waals surface area contributed by atoms with Gasteiger partial charge in [0.15, 0.2) is 0 Å². The van der Waals surface area contributed by atoms with Crippen LogP contribution in [-0.2, 0) is 0 Å². The summed E-state index contributed by atoms with van der Waals surface area (Å²) in [7, 11) is 0. The van der Waals surface area contributed by atoms with Gasteiger partial charge < -0.3 is 14.6 Å². The Kier molecular flexibility index (Phi) is 3.36. The quantitative estimate of drug-likeness (QED) is 0.673. The lowest BCUT2D eigenvalue weighted by atomic mass is 9.82. The van der Waals surface area contributed by atoms with Crippen molar-refractivity contribution >= 4 is 23.2 Å². The highest BCUT2D eigenvalue weighted by Gasteiger charge is 2.38. The fourth-order valence-electron chi connectivity index (χ4n) is 4.50. The van der Waals surface area contributed by atoms with Crippen LogP contribution in [0.4, 0.5) is 0 Å². The van der Waals surface area contributed by atoms with E-state index in [-0.39, 0.29) is 0 Å². The molecule has 5 heteroatoms. The lowest BCUT2D eigenvalue weighted by Gasteiger charge is -2.48. The van der Waals surface area contributed by atoms with Gasteiger partial charge in [0.2, 0.25) is 0 Å². The Morgan fingerprint density at radius 1 is 1.17 bits per heavy atom. The normalized spacial score (nSPS) is 27.1. The Bertz CT molecular complexity index is 753. The van der Waals surface area contributed by atoms with E-state index in [0.29, 0.717) is 23.7 Å². The molecule has 0 radical (unpaired) electrons. The first-order valence-electron chi connectivity index (χ1n) is 8.30. The first-order valence-corrected chi connectivity index (χ1v) is 8.30. The van der Waals surface area contributed by atoms with E-state index in [1.54, 1.807) is 0 Å². The molecule has 4 rings (SSSR count). The minimum Gasteiger partial charge on any atom is -0.478 e. The second-order valence-electron chi connectivity index (χ2n) is 6.71. The van der Waals surface area contributed by atoms with Crippen molar-refractivity contribution in [3.63, 3.8) is 0 Å². The first-order chi connectivity index (χ1) is 11.2. The number of aromatic carboxylic acids is 1. The maximum Gasteiger partial charge on any atom is 0.337 e. The average Bonchev–Trinajstić information content (AvgIpc) is 2.93. The third kappa shape index (κ3) is 2.22. The predicted octanol–water partition coefficient (Wildman–Crippen LogP) is 3.50. The minimum absolute atomic E-state index is 0.319. The topological polar surface area (TPSA) is 69.3 Å². The maximum atomic E-state index is 11.6. The summed E-state index contributed by atoms with van der Waals surface area (Å²) in [4.78, 5) is 13.8. The third-order valence-electron chi connectivity index (χ3n) is 5.52. The van der Waals surface area contributed by atoms with E-state index in [0.717, 1.165) is 36.6 Å². The van der Waals surface area contributed by atoms with Gasteiger partial charge in [-0.1, -0.05) is 18.2 Å². The molecule has 120 valence electrons. The van der Waals surface area contributed by atoms with Gasteiger partial charge in [0.1, 0.15) is 0 Å². The van der Waals surface area contributed by atoms with E-state index in [1.165, 1.54) is 12.8 Å². The van der Waals surface area contributed by atoms with E-state index >= 15 is 0 Å². The summed E-state index contributed by atoms with van der Waals surface area (Å²) >= 11 is 0. The van der Waals surface area contributed by atoms with Crippen LogP contribution in [-0.4, -0.2) is 39.0 Å². The lowest BCUT2D eigenvalue weighted by molar-refractivity contribution is 0.0697. The number of nitrogens with zero attached hydrogens (tertiary/aromatic N) is 2. The molecule has 1 aromatic heterocycles. The Morgan fingerprint density at radius 3 is 2.52 bits per heavy atom. The molecule has 5 nitrogen and oxygen atoms in total. The second kappa shape index (κ2) is 5.41. The monoisotopic (exact) mass is 311 g/mol. The molecule has 2 aliphatic heterocycles. The highest BCUT2D eigenvalue weighted by molar-refractivity contribution is 6.03. The zero-order valence-electron chi connectivity index (χ0n) is 13.0. The molecule has 0 aliphatic carbocycles.